The summed E-state index contributed by atoms with van der Waals surface area (Å²) >= 11 is 0. The first kappa shape index (κ1) is 19.0. The van der Waals surface area contributed by atoms with Gasteiger partial charge in [0.1, 0.15) is 0 Å². The fourth-order valence-corrected chi connectivity index (χ4v) is 3.79. The van der Waals surface area contributed by atoms with Gasteiger partial charge < -0.3 is 0 Å². The summed E-state index contributed by atoms with van der Waals surface area (Å²) in [6, 6.07) is 12.1. The van der Waals surface area contributed by atoms with E-state index in [-0.39, 0.29) is 10.8 Å². The van der Waals surface area contributed by atoms with Crippen LogP contribution in [-0.4, -0.2) is 0 Å². The van der Waals surface area contributed by atoms with Crippen molar-refractivity contribution in [3.8, 4) is 11.1 Å². The lowest BCUT2D eigenvalue weighted by atomic mass is 9.78. The summed E-state index contributed by atoms with van der Waals surface area (Å²) in [6.07, 6.45) is 4.58. The van der Waals surface area contributed by atoms with E-state index in [2.05, 4.69) is 91.8 Å². The average molecular weight is 347 g/mol. The number of hydrogen-bond donors (Lipinski definition) is 0. The van der Waals surface area contributed by atoms with Gasteiger partial charge in [-0.3, -0.25) is 0 Å². The SMILES string of the molecule is CCc1cc2c(c(-c3cc(C(C)(C)C)cc(C(C)(C)C)c3)c1)C=C(C)C2. The molecular formula is C26H34. The molecule has 0 saturated heterocycles. The Bertz CT molecular complexity index is 832. The second-order valence-electron chi connectivity index (χ2n) is 10.0. The van der Waals surface area contributed by atoms with E-state index in [4.69, 9.17) is 0 Å². The van der Waals surface area contributed by atoms with Gasteiger partial charge in [0.05, 0.1) is 0 Å². The monoisotopic (exact) mass is 346 g/mol. The zero-order valence-corrected chi connectivity index (χ0v) is 17.9. The van der Waals surface area contributed by atoms with E-state index in [1.165, 1.54) is 44.5 Å². The molecule has 3 rings (SSSR count). The molecule has 1 aliphatic carbocycles. The summed E-state index contributed by atoms with van der Waals surface area (Å²) < 4.78 is 0. The second-order valence-corrected chi connectivity index (χ2v) is 10.0. The molecule has 0 heterocycles. The summed E-state index contributed by atoms with van der Waals surface area (Å²) in [5, 5.41) is 0. The van der Waals surface area contributed by atoms with E-state index >= 15 is 0 Å². The second kappa shape index (κ2) is 6.41. The van der Waals surface area contributed by atoms with Gasteiger partial charge in [-0.05, 0) is 69.5 Å². The third-order valence-electron chi connectivity index (χ3n) is 5.57. The van der Waals surface area contributed by atoms with E-state index in [1.807, 2.05) is 0 Å². The standard InChI is InChI=1S/C26H34/c1-9-18-12-19-10-17(2)11-23(19)24(13-18)20-14-21(25(3,4)5)16-22(15-20)26(6,7)8/h11-16H,9-10H2,1-8H3. The number of fused-ring (bicyclic) bond motifs is 1. The van der Waals surface area contributed by atoms with E-state index in [0.29, 0.717) is 0 Å². The van der Waals surface area contributed by atoms with Crippen LogP contribution < -0.4 is 0 Å². The number of aryl methyl sites for hydroxylation is 1. The first-order chi connectivity index (χ1) is 12.0. The number of allylic oxidation sites excluding steroid dienone is 1. The van der Waals surface area contributed by atoms with Crippen molar-refractivity contribution in [2.24, 2.45) is 0 Å². The topological polar surface area (TPSA) is 0 Å². The number of benzene rings is 2. The fourth-order valence-electron chi connectivity index (χ4n) is 3.79. The molecule has 138 valence electrons. The molecule has 26 heavy (non-hydrogen) atoms. The van der Waals surface area contributed by atoms with Crippen LogP contribution in [0, 0.1) is 0 Å². The molecule has 0 radical (unpaired) electrons. The molecule has 0 aromatic heterocycles. The summed E-state index contributed by atoms with van der Waals surface area (Å²) in [5.74, 6) is 0. The Morgan fingerprint density at radius 1 is 0.808 bits per heavy atom. The summed E-state index contributed by atoms with van der Waals surface area (Å²) in [5.41, 5.74) is 11.8. The van der Waals surface area contributed by atoms with Gasteiger partial charge in [0.2, 0.25) is 0 Å². The third kappa shape index (κ3) is 3.65. The number of hydrogen-bond acceptors (Lipinski definition) is 0. The van der Waals surface area contributed by atoms with Crippen LogP contribution in [0.3, 0.4) is 0 Å². The predicted molar refractivity (Wildman–Crippen MR) is 116 cm³/mol. The van der Waals surface area contributed by atoms with Crippen LogP contribution in [0.1, 0.15) is 83.2 Å². The van der Waals surface area contributed by atoms with Crippen LogP contribution in [0.15, 0.2) is 35.9 Å². The lowest BCUT2D eigenvalue weighted by Crippen LogP contribution is -2.16. The van der Waals surface area contributed by atoms with Crippen molar-refractivity contribution in [2.45, 2.75) is 79.1 Å². The Morgan fingerprint density at radius 3 is 1.88 bits per heavy atom. The Labute approximate surface area is 160 Å². The molecule has 0 saturated carbocycles. The lowest BCUT2D eigenvalue weighted by Gasteiger charge is -2.27. The normalized spacial score (nSPS) is 14.4. The van der Waals surface area contributed by atoms with Crippen molar-refractivity contribution in [3.05, 3.63) is 63.7 Å². The molecule has 0 atom stereocenters. The first-order valence-corrected chi connectivity index (χ1v) is 9.98. The van der Waals surface area contributed by atoms with Crippen LogP contribution >= 0.6 is 0 Å². The predicted octanol–water partition coefficient (Wildman–Crippen LogP) is 7.47. The highest BCUT2D eigenvalue weighted by molar-refractivity contribution is 5.82. The van der Waals surface area contributed by atoms with Gasteiger partial charge >= 0.3 is 0 Å². The Balaban J connectivity index is 2.29. The van der Waals surface area contributed by atoms with Crippen LogP contribution in [-0.2, 0) is 23.7 Å². The maximum absolute atomic E-state index is 2.42. The fraction of sp³-hybridized carbons (Fsp3) is 0.462. The number of rotatable bonds is 2. The maximum Gasteiger partial charge on any atom is -0.00603 e. The van der Waals surface area contributed by atoms with Crippen molar-refractivity contribution in [1.29, 1.82) is 0 Å². The molecule has 0 bridgehead atoms. The van der Waals surface area contributed by atoms with Crippen molar-refractivity contribution in [3.63, 3.8) is 0 Å². The van der Waals surface area contributed by atoms with Crippen molar-refractivity contribution < 1.29 is 0 Å². The van der Waals surface area contributed by atoms with Gasteiger partial charge in [0, 0.05) is 0 Å². The third-order valence-corrected chi connectivity index (χ3v) is 5.57. The molecule has 2 aromatic rings. The van der Waals surface area contributed by atoms with Gasteiger partial charge in [0.25, 0.3) is 0 Å². The molecular weight excluding hydrogens is 312 g/mol. The van der Waals surface area contributed by atoms with E-state index in [1.54, 1.807) is 0 Å². The minimum absolute atomic E-state index is 0.146. The average Bonchev–Trinajstić information content (AvgIpc) is 2.91. The molecule has 2 aromatic carbocycles. The molecule has 0 amide bonds. The quantitative estimate of drug-likeness (QED) is 0.529. The van der Waals surface area contributed by atoms with Crippen LogP contribution in [0.4, 0.5) is 0 Å². The highest BCUT2D eigenvalue weighted by Gasteiger charge is 2.23. The Morgan fingerprint density at radius 2 is 1.38 bits per heavy atom. The van der Waals surface area contributed by atoms with Gasteiger partial charge in [0.15, 0.2) is 0 Å². The van der Waals surface area contributed by atoms with Gasteiger partial charge in [-0.25, -0.2) is 0 Å². The zero-order chi connectivity index (χ0) is 19.3. The summed E-state index contributed by atoms with van der Waals surface area (Å²) in [4.78, 5) is 0. The van der Waals surface area contributed by atoms with Crippen molar-refractivity contribution >= 4 is 6.08 Å². The summed E-state index contributed by atoms with van der Waals surface area (Å²) in [7, 11) is 0. The largest absolute Gasteiger partial charge is 0.0683 e. The van der Waals surface area contributed by atoms with E-state index in [9.17, 15) is 0 Å². The molecule has 0 spiro atoms. The smallest absolute Gasteiger partial charge is 0.00603 e. The van der Waals surface area contributed by atoms with Crippen LogP contribution in [0.25, 0.3) is 17.2 Å². The van der Waals surface area contributed by atoms with Crippen molar-refractivity contribution in [1.82, 2.24) is 0 Å². The molecule has 0 unspecified atom stereocenters. The van der Waals surface area contributed by atoms with E-state index in [0.717, 1.165) is 12.8 Å². The first-order valence-electron chi connectivity index (χ1n) is 9.98. The minimum atomic E-state index is 0.146. The molecule has 0 nitrogen and oxygen atoms in total. The maximum atomic E-state index is 2.42. The molecule has 0 N–H and O–H groups in total. The van der Waals surface area contributed by atoms with Crippen molar-refractivity contribution in [2.75, 3.05) is 0 Å². The van der Waals surface area contributed by atoms with Gasteiger partial charge in [-0.2, -0.15) is 0 Å². The lowest BCUT2D eigenvalue weighted by molar-refractivity contribution is 0.569. The summed E-state index contributed by atoms with van der Waals surface area (Å²) in [6.45, 7) is 18.4. The van der Waals surface area contributed by atoms with E-state index < -0.39 is 0 Å². The molecule has 0 aliphatic heterocycles. The zero-order valence-electron chi connectivity index (χ0n) is 17.9. The molecule has 0 fully saturated rings. The van der Waals surface area contributed by atoms with Gasteiger partial charge in [-0.15, -0.1) is 0 Å². The Kier molecular flexibility index (Phi) is 4.67. The molecule has 0 heteroatoms. The van der Waals surface area contributed by atoms with Gasteiger partial charge in [-0.1, -0.05) is 90.4 Å². The minimum Gasteiger partial charge on any atom is -0.0683 e. The highest BCUT2D eigenvalue weighted by atomic mass is 14.3. The molecule has 1 aliphatic rings. The highest BCUT2D eigenvalue weighted by Crippen LogP contribution is 2.39. The Hall–Kier alpha value is -1.82. The van der Waals surface area contributed by atoms with Crippen LogP contribution in [0.2, 0.25) is 0 Å². The van der Waals surface area contributed by atoms with Crippen LogP contribution in [0.5, 0.6) is 0 Å².